The molecular weight excluding hydrogens is 178 g/mol. The monoisotopic (exact) mass is 201 g/mol. The molecule has 0 radical (unpaired) electrons. The molecule has 0 spiro atoms. The highest BCUT2D eigenvalue weighted by Crippen LogP contribution is 2.11. The molecule has 0 rings (SSSR count). The van der Waals surface area contributed by atoms with Crippen LogP contribution >= 0.6 is 0 Å². The molecule has 0 saturated heterocycles. The zero-order chi connectivity index (χ0) is 11.0. The van der Waals surface area contributed by atoms with Gasteiger partial charge in [0.1, 0.15) is 0 Å². The van der Waals surface area contributed by atoms with Crippen LogP contribution in [0, 0.1) is 11.8 Å². The Morgan fingerprint density at radius 2 is 2.00 bits per heavy atom. The third-order valence-electron chi connectivity index (χ3n) is 2.14. The highest BCUT2D eigenvalue weighted by molar-refractivity contribution is 5.78. The topological polar surface area (TPSA) is 38.3 Å². The van der Waals surface area contributed by atoms with Crippen molar-refractivity contribution in [3.8, 4) is 0 Å². The zero-order valence-electron chi connectivity index (χ0n) is 9.80. The van der Waals surface area contributed by atoms with Gasteiger partial charge in [-0.3, -0.25) is 4.79 Å². The number of carbonyl (C=O) groups excluding carboxylic acids is 1. The predicted molar refractivity (Wildman–Crippen MR) is 58.1 cm³/mol. The van der Waals surface area contributed by atoms with Crippen molar-refractivity contribution in [3.63, 3.8) is 0 Å². The average Bonchev–Trinajstić information content (AvgIpc) is 2.12. The summed E-state index contributed by atoms with van der Waals surface area (Å²) in [5.74, 6) is 0.429. The molecule has 0 bridgehead atoms. The molecule has 0 aliphatic carbocycles. The largest absolute Gasteiger partial charge is 0.381 e. The normalized spacial score (nSPS) is 12.9. The minimum Gasteiger partial charge on any atom is -0.381 e. The molecule has 0 fully saturated rings. The number of carbonyl (C=O) groups is 1. The van der Waals surface area contributed by atoms with E-state index in [1.54, 1.807) is 0 Å². The summed E-state index contributed by atoms with van der Waals surface area (Å²) in [4.78, 5) is 11.6. The van der Waals surface area contributed by atoms with Crippen molar-refractivity contribution in [3.05, 3.63) is 0 Å². The van der Waals surface area contributed by atoms with Crippen LogP contribution in [0.3, 0.4) is 0 Å². The Balaban J connectivity index is 3.95. The van der Waals surface area contributed by atoms with Crippen LogP contribution in [0.1, 0.15) is 34.1 Å². The molecule has 0 aromatic carbocycles. The molecule has 3 heteroatoms. The minimum absolute atomic E-state index is 0.0125. The van der Waals surface area contributed by atoms with Gasteiger partial charge in [-0.15, -0.1) is 0 Å². The molecule has 0 aliphatic heterocycles. The van der Waals surface area contributed by atoms with E-state index >= 15 is 0 Å². The van der Waals surface area contributed by atoms with Gasteiger partial charge in [0.25, 0.3) is 0 Å². The van der Waals surface area contributed by atoms with Gasteiger partial charge < -0.3 is 10.1 Å². The number of hydrogen-bond acceptors (Lipinski definition) is 2. The van der Waals surface area contributed by atoms with Crippen molar-refractivity contribution < 1.29 is 9.53 Å². The fraction of sp³-hybridized carbons (Fsp3) is 0.909. The third-order valence-corrected chi connectivity index (χ3v) is 2.14. The van der Waals surface area contributed by atoms with Gasteiger partial charge in [0.05, 0.1) is 12.5 Å². The predicted octanol–water partition coefficient (Wildman–Crippen LogP) is 1.82. The molecule has 0 saturated carbocycles. The first-order valence-corrected chi connectivity index (χ1v) is 5.48. The Kier molecular flexibility index (Phi) is 7.48. The summed E-state index contributed by atoms with van der Waals surface area (Å²) in [6, 6.07) is 0. The van der Waals surface area contributed by atoms with Crippen molar-refractivity contribution in [2.75, 3.05) is 19.8 Å². The first kappa shape index (κ1) is 13.4. The van der Waals surface area contributed by atoms with Crippen molar-refractivity contribution in [2.24, 2.45) is 11.8 Å². The highest BCUT2D eigenvalue weighted by atomic mass is 16.5. The van der Waals surface area contributed by atoms with Crippen LogP contribution in [0.25, 0.3) is 0 Å². The van der Waals surface area contributed by atoms with E-state index in [1.165, 1.54) is 0 Å². The van der Waals surface area contributed by atoms with Crippen LogP contribution in [0.15, 0.2) is 0 Å². The van der Waals surface area contributed by atoms with Crippen molar-refractivity contribution in [1.82, 2.24) is 5.32 Å². The lowest BCUT2D eigenvalue weighted by atomic mass is 9.96. The molecule has 1 amide bonds. The van der Waals surface area contributed by atoms with Crippen molar-refractivity contribution in [2.45, 2.75) is 34.1 Å². The molecule has 0 aliphatic rings. The zero-order valence-corrected chi connectivity index (χ0v) is 9.80. The van der Waals surface area contributed by atoms with Crippen molar-refractivity contribution in [1.29, 1.82) is 0 Å². The Morgan fingerprint density at radius 3 is 2.43 bits per heavy atom. The maximum atomic E-state index is 11.6. The maximum absolute atomic E-state index is 11.6. The summed E-state index contributed by atoms with van der Waals surface area (Å²) in [6.07, 6.45) is 1.00. The molecule has 0 aromatic heterocycles. The summed E-state index contributed by atoms with van der Waals surface area (Å²) in [6.45, 7) is 10.1. The lowest BCUT2D eigenvalue weighted by molar-refractivity contribution is -0.128. The number of amides is 1. The Morgan fingerprint density at radius 1 is 1.36 bits per heavy atom. The van der Waals surface area contributed by atoms with Gasteiger partial charge >= 0.3 is 0 Å². The number of nitrogens with one attached hydrogen (secondary N) is 1. The van der Waals surface area contributed by atoms with E-state index in [-0.39, 0.29) is 11.8 Å². The lowest BCUT2D eigenvalue weighted by Gasteiger charge is -2.19. The fourth-order valence-electron chi connectivity index (χ4n) is 1.23. The maximum Gasteiger partial charge on any atom is 0.225 e. The Bertz CT molecular complexity index is 157. The van der Waals surface area contributed by atoms with Gasteiger partial charge in [-0.05, 0) is 19.3 Å². The number of ether oxygens (including phenoxy) is 1. The van der Waals surface area contributed by atoms with Gasteiger partial charge in [0.2, 0.25) is 5.91 Å². The molecule has 1 atom stereocenters. The van der Waals surface area contributed by atoms with Gasteiger partial charge in [-0.2, -0.15) is 0 Å². The first-order valence-electron chi connectivity index (χ1n) is 5.48. The second-order valence-electron chi connectivity index (χ2n) is 3.82. The summed E-state index contributed by atoms with van der Waals surface area (Å²) in [5, 5.41) is 2.83. The summed E-state index contributed by atoms with van der Waals surface area (Å²) in [5.41, 5.74) is 0. The van der Waals surface area contributed by atoms with Gasteiger partial charge in [-0.1, -0.05) is 20.8 Å². The Labute approximate surface area is 87.2 Å². The van der Waals surface area contributed by atoms with E-state index in [0.717, 1.165) is 13.0 Å². The molecule has 1 unspecified atom stereocenters. The number of hydrogen-bond donors (Lipinski definition) is 1. The van der Waals surface area contributed by atoms with Crippen molar-refractivity contribution >= 4 is 5.91 Å². The van der Waals surface area contributed by atoms with Gasteiger partial charge in [-0.25, -0.2) is 0 Å². The smallest absolute Gasteiger partial charge is 0.225 e. The SMILES string of the molecule is CCCOCC(C(=O)NCC)C(C)C. The second kappa shape index (κ2) is 7.80. The van der Waals surface area contributed by atoms with Crippen LogP contribution < -0.4 is 5.32 Å². The summed E-state index contributed by atoms with van der Waals surface area (Å²) in [7, 11) is 0. The van der Waals surface area contributed by atoms with E-state index in [4.69, 9.17) is 4.74 Å². The Hall–Kier alpha value is -0.570. The molecule has 0 aromatic rings. The van der Waals surface area contributed by atoms with Crippen LogP contribution in [0.5, 0.6) is 0 Å². The van der Waals surface area contributed by atoms with Crippen LogP contribution in [0.4, 0.5) is 0 Å². The lowest BCUT2D eigenvalue weighted by Crippen LogP contribution is -2.36. The third kappa shape index (κ3) is 5.22. The average molecular weight is 201 g/mol. The molecule has 14 heavy (non-hydrogen) atoms. The van der Waals surface area contributed by atoms with Gasteiger partial charge in [0, 0.05) is 13.2 Å². The van der Waals surface area contributed by atoms with E-state index in [2.05, 4.69) is 26.1 Å². The van der Waals surface area contributed by atoms with E-state index in [1.807, 2.05) is 6.92 Å². The molecule has 0 heterocycles. The standard InChI is InChI=1S/C11H23NO2/c1-5-7-14-8-10(9(3)4)11(13)12-6-2/h9-10H,5-8H2,1-4H3,(H,12,13). The fourth-order valence-corrected chi connectivity index (χ4v) is 1.23. The van der Waals surface area contributed by atoms with Crippen LogP contribution in [0.2, 0.25) is 0 Å². The highest BCUT2D eigenvalue weighted by Gasteiger charge is 2.21. The number of rotatable bonds is 7. The quantitative estimate of drug-likeness (QED) is 0.638. The first-order chi connectivity index (χ1) is 6.63. The second-order valence-corrected chi connectivity index (χ2v) is 3.82. The summed E-state index contributed by atoms with van der Waals surface area (Å²) < 4.78 is 5.41. The minimum atomic E-state index is -0.0125. The molecular formula is C11H23NO2. The molecule has 3 nitrogen and oxygen atoms in total. The van der Waals surface area contributed by atoms with Gasteiger partial charge in [0.15, 0.2) is 0 Å². The molecule has 84 valence electrons. The summed E-state index contributed by atoms with van der Waals surface area (Å²) >= 11 is 0. The van der Waals surface area contributed by atoms with E-state index < -0.39 is 0 Å². The molecule has 1 N–H and O–H groups in total. The van der Waals surface area contributed by atoms with E-state index in [0.29, 0.717) is 19.1 Å². The van der Waals surface area contributed by atoms with Crippen LogP contribution in [-0.2, 0) is 9.53 Å². The van der Waals surface area contributed by atoms with Crippen LogP contribution in [-0.4, -0.2) is 25.7 Å². The van der Waals surface area contributed by atoms with E-state index in [9.17, 15) is 4.79 Å².